The van der Waals surface area contributed by atoms with Crippen LogP contribution in [0.15, 0.2) is 61.3 Å². The lowest BCUT2D eigenvalue weighted by Gasteiger charge is -2.34. The molecule has 1 fully saturated rings. The van der Waals surface area contributed by atoms with Gasteiger partial charge >= 0.3 is 6.18 Å². The van der Waals surface area contributed by atoms with Crippen LogP contribution in [0, 0.1) is 5.82 Å². The smallest absolute Gasteiger partial charge is 0.369 e. The fourth-order valence-corrected chi connectivity index (χ4v) is 3.74. The first kappa shape index (κ1) is 25.9. The molecule has 2 aromatic carbocycles. The van der Waals surface area contributed by atoms with Gasteiger partial charge < -0.3 is 25.8 Å². The van der Waals surface area contributed by atoms with Gasteiger partial charge in [-0.2, -0.15) is 18.2 Å². The molecular weight excluding hydrogens is 490 g/mol. The topological polar surface area (TPSA) is 85.4 Å². The van der Waals surface area contributed by atoms with Gasteiger partial charge in [0.15, 0.2) is 0 Å². The van der Waals surface area contributed by atoms with E-state index in [1.54, 1.807) is 18.2 Å². The normalized spacial score (nSPS) is 14.2. The summed E-state index contributed by atoms with van der Waals surface area (Å²) in [6.45, 7) is 6.61. The minimum absolute atomic E-state index is 0.0257. The highest BCUT2D eigenvalue weighted by Gasteiger charge is 2.35. The molecule has 0 unspecified atom stereocenters. The monoisotopic (exact) mass is 515 g/mol. The molecule has 4 rings (SSSR count). The van der Waals surface area contributed by atoms with Gasteiger partial charge in [0.25, 0.3) is 0 Å². The summed E-state index contributed by atoms with van der Waals surface area (Å²) in [7, 11) is 2.02. The van der Waals surface area contributed by atoms with Crippen molar-refractivity contribution >= 4 is 40.4 Å². The number of anilines is 6. The molecule has 3 aromatic rings. The molecular formula is C25H25F4N7O. The lowest BCUT2D eigenvalue weighted by atomic mass is 10.2. The standard InChI is InChI=1S/C25H25F4N7O/c1-3-22(37)31-16-5-4-6-17(13-16)32-23-19(25(27,28)29)15-30-24(34-23)33-21-8-7-18(14-20(21)26)36-11-9-35(2)10-12-36/h3-8,13-15H,1,9-12H2,2H3,(H,31,37)(H2,30,32,33,34). The van der Waals surface area contributed by atoms with Crippen molar-refractivity contribution in [3.05, 3.63) is 72.7 Å². The quantitative estimate of drug-likeness (QED) is 0.302. The van der Waals surface area contributed by atoms with Crippen LogP contribution in [0.3, 0.4) is 0 Å². The van der Waals surface area contributed by atoms with E-state index in [0.717, 1.165) is 37.9 Å². The van der Waals surface area contributed by atoms with Gasteiger partial charge in [-0.3, -0.25) is 4.79 Å². The van der Waals surface area contributed by atoms with Crippen LogP contribution in [0.5, 0.6) is 0 Å². The maximum Gasteiger partial charge on any atom is 0.421 e. The Morgan fingerprint density at radius 1 is 1.05 bits per heavy atom. The molecule has 1 saturated heterocycles. The van der Waals surface area contributed by atoms with Crippen molar-refractivity contribution in [2.24, 2.45) is 0 Å². The van der Waals surface area contributed by atoms with Crippen molar-refractivity contribution in [3.63, 3.8) is 0 Å². The molecule has 3 N–H and O–H groups in total. The summed E-state index contributed by atoms with van der Waals surface area (Å²) in [5.74, 6) is -1.81. The highest BCUT2D eigenvalue weighted by atomic mass is 19.4. The summed E-state index contributed by atoms with van der Waals surface area (Å²) >= 11 is 0. The Kier molecular flexibility index (Phi) is 7.58. The fraction of sp³-hybridized carbons (Fsp3) is 0.240. The first-order valence-electron chi connectivity index (χ1n) is 11.4. The first-order chi connectivity index (χ1) is 17.6. The van der Waals surface area contributed by atoms with Crippen molar-refractivity contribution in [2.45, 2.75) is 6.18 Å². The van der Waals surface area contributed by atoms with Crippen LogP contribution < -0.4 is 20.9 Å². The molecule has 0 bridgehead atoms. The van der Waals surface area contributed by atoms with Gasteiger partial charge in [0.2, 0.25) is 11.9 Å². The second kappa shape index (κ2) is 10.8. The maximum absolute atomic E-state index is 14.9. The van der Waals surface area contributed by atoms with E-state index >= 15 is 0 Å². The van der Waals surface area contributed by atoms with Gasteiger partial charge in [-0.1, -0.05) is 12.6 Å². The molecule has 8 nitrogen and oxygen atoms in total. The largest absolute Gasteiger partial charge is 0.421 e. The molecule has 2 heterocycles. The van der Waals surface area contributed by atoms with Crippen molar-refractivity contribution < 1.29 is 22.4 Å². The minimum atomic E-state index is -4.75. The zero-order valence-corrected chi connectivity index (χ0v) is 19.9. The van der Waals surface area contributed by atoms with Crippen LogP contribution >= 0.6 is 0 Å². The number of nitrogens with one attached hydrogen (secondary N) is 3. The molecule has 1 aliphatic heterocycles. The fourth-order valence-electron chi connectivity index (χ4n) is 3.74. The van der Waals surface area contributed by atoms with Gasteiger partial charge in [-0.25, -0.2) is 9.37 Å². The number of carbonyl (C=O) groups is 1. The van der Waals surface area contributed by atoms with Crippen molar-refractivity contribution in [1.29, 1.82) is 0 Å². The number of nitrogens with zero attached hydrogens (tertiary/aromatic N) is 4. The van der Waals surface area contributed by atoms with Crippen LogP contribution in [-0.2, 0) is 11.0 Å². The number of amides is 1. The minimum Gasteiger partial charge on any atom is -0.369 e. The number of piperazine rings is 1. The third kappa shape index (κ3) is 6.53. The zero-order valence-electron chi connectivity index (χ0n) is 19.9. The van der Waals surface area contributed by atoms with Crippen LogP contribution in [0.1, 0.15) is 5.56 Å². The third-order valence-corrected chi connectivity index (χ3v) is 5.74. The number of benzene rings is 2. The summed E-state index contributed by atoms with van der Waals surface area (Å²) in [6, 6.07) is 10.7. The van der Waals surface area contributed by atoms with E-state index in [0.29, 0.717) is 11.9 Å². The number of hydrogen-bond acceptors (Lipinski definition) is 7. The average Bonchev–Trinajstić information content (AvgIpc) is 2.85. The molecule has 0 spiro atoms. The van der Waals surface area contributed by atoms with E-state index in [-0.39, 0.29) is 17.3 Å². The van der Waals surface area contributed by atoms with Crippen LogP contribution in [0.4, 0.5) is 52.1 Å². The maximum atomic E-state index is 14.9. The van der Waals surface area contributed by atoms with Crippen LogP contribution in [0.25, 0.3) is 0 Å². The molecule has 1 aromatic heterocycles. The average molecular weight is 516 g/mol. The van der Waals surface area contributed by atoms with Crippen molar-refractivity contribution in [1.82, 2.24) is 14.9 Å². The Morgan fingerprint density at radius 3 is 2.46 bits per heavy atom. The Bertz CT molecular complexity index is 1290. The molecule has 0 aliphatic carbocycles. The van der Waals surface area contributed by atoms with E-state index in [2.05, 4.69) is 42.3 Å². The second-order valence-corrected chi connectivity index (χ2v) is 8.43. The van der Waals surface area contributed by atoms with E-state index in [4.69, 9.17) is 0 Å². The Balaban J connectivity index is 1.57. The molecule has 37 heavy (non-hydrogen) atoms. The molecule has 0 radical (unpaired) electrons. The van der Waals surface area contributed by atoms with Gasteiger partial charge in [-0.05, 0) is 49.5 Å². The van der Waals surface area contributed by atoms with Gasteiger partial charge in [-0.15, -0.1) is 0 Å². The van der Waals surface area contributed by atoms with Crippen molar-refractivity contribution in [3.8, 4) is 0 Å². The lowest BCUT2D eigenvalue weighted by Crippen LogP contribution is -2.44. The zero-order chi connectivity index (χ0) is 26.6. The van der Waals surface area contributed by atoms with E-state index < -0.39 is 29.3 Å². The van der Waals surface area contributed by atoms with Crippen LogP contribution in [0.2, 0.25) is 0 Å². The molecule has 1 amide bonds. The molecule has 0 saturated carbocycles. The van der Waals surface area contributed by atoms with Crippen LogP contribution in [-0.4, -0.2) is 54.0 Å². The van der Waals surface area contributed by atoms with E-state index in [1.807, 2.05) is 7.05 Å². The molecule has 0 atom stereocenters. The molecule has 1 aliphatic rings. The Morgan fingerprint density at radius 2 is 1.78 bits per heavy atom. The highest BCUT2D eigenvalue weighted by molar-refractivity contribution is 5.99. The van der Waals surface area contributed by atoms with Gasteiger partial charge in [0.05, 0.1) is 5.69 Å². The summed E-state index contributed by atoms with van der Waals surface area (Å²) < 4.78 is 55.8. The Labute approximate surface area is 211 Å². The second-order valence-electron chi connectivity index (χ2n) is 8.43. The number of alkyl halides is 3. The first-order valence-corrected chi connectivity index (χ1v) is 11.4. The number of rotatable bonds is 7. The van der Waals surface area contributed by atoms with Crippen molar-refractivity contribution in [2.75, 3.05) is 54.1 Å². The predicted octanol–water partition coefficient (Wildman–Crippen LogP) is 5.00. The van der Waals surface area contributed by atoms with Gasteiger partial charge in [0, 0.05) is 49.4 Å². The highest BCUT2D eigenvalue weighted by Crippen LogP contribution is 2.36. The summed E-state index contributed by atoms with van der Waals surface area (Å²) in [5, 5.41) is 7.81. The lowest BCUT2D eigenvalue weighted by molar-refractivity contribution is -0.137. The SMILES string of the molecule is C=CC(=O)Nc1cccc(Nc2nc(Nc3ccc(N4CCN(C)CC4)cc3F)ncc2C(F)(F)F)c1. The Hall–Kier alpha value is -4.19. The molecule has 194 valence electrons. The third-order valence-electron chi connectivity index (χ3n) is 5.74. The predicted molar refractivity (Wildman–Crippen MR) is 135 cm³/mol. The summed E-state index contributed by atoms with van der Waals surface area (Å²) in [5.41, 5.74) is 0.218. The number of aromatic nitrogens is 2. The number of likely N-dealkylation sites (N-methyl/N-ethyl adjacent to an activating group) is 1. The number of halogens is 4. The number of carbonyl (C=O) groups excluding carboxylic acids is 1. The van der Waals surface area contributed by atoms with E-state index in [9.17, 15) is 22.4 Å². The summed E-state index contributed by atoms with van der Waals surface area (Å²) in [6.07, 6.45) is -3.05. The molecule has 12 heteroatoms. The summed E-state index contributed by atoms with van der Waals surface area (Å²) in [4.78, 5) is 23.5. The van der Waals surface area contributed by atoms with E-state index in [1.165, 1.54) is 24.3 Å². The van der Waals surface area contributed by atoms with Gasteiger partial charge in [0.1, 0.15) is 17.2 Å². The number of hydrogen-bond donors (Lipinski definition) is 3.